The second kappa shape index (κ2) is 9.43. The molecule has 2 heterocycles. The maximum Gasteiger partial charge on any atom is 0.274 e. The van der Waals surface area contributed by atoms with E-state index in [1.807, 2.05) is 10.5 Å². The summed E-state index contributed by atoms with van der Waals surface area (Å²) in [4.78, 5) is 32.6. The first-order chi connectivity index (χ1) is 14.7. The van der Waals surface area contributed by atoms with E-state index < -0.39 is 0 Å². The van der Waals surface area contributed by atoms with Crippen LogP contribution in [0.15, 0.2) is 29.2 Å². The van der Waals surface area contributed by atoms with Crippen LogP contribution < -0.4 is 10.9 Å². The maximum atomic E-state index is 12.6. The summed E-state index contributed by atoms with van der Waals surface area (Å²) in [5.74, 6) is 1.36. The van der Waals surface area contributed by atoms with Gasteiger partial charge in [-0.2, -0.15) is 0 Å². The Kier molecular flexibility index (Phi) is 6.47. The lowest BCUT2D eigenvalue weighted by atomic mass is 9.87. The SMILES string of the molecule is CCCOCCNC(=O)c1ccc2[nH]c(=O)c3cnc(CC4CCCCC4)n3c2c1. The summed E-state index contributed by atoms with van der Waals surface area (Å²) >= 11 is 0. The second-order valence-corrected chi connectivity index (χ2v) is 8.16. The lowest BCUT2D eigenvalue weighted by Gasteiger charge is -2.21. The summed E-state index contributed by atoms with van der Waals surface area (Å²) in [6.07, 6.45) is 9.73. The van der Waals surface area contributed by atoms with Gasteiger partial charge in [-0.25, -0.2) is 4.98 Å². The fraction of sp³-hybridized carbons (Fsp3) is 0.522. The van der Waals surface area contributed by atoms with Gasteiger partial charge in [-0.3, -0.25) is 14.0 Å². The van der Waals surface area contributed by atoms with Gasteiger partial charge in [-0.15, -0.1) is 0 Å². The minimum atomic E-state index is -0.157. The monoisotopic (exact) mass is 410 g/mol. The van der Waals surface area contributed by atoms with Gasteiger partial charge in [0.15, 0.2) is 0 Å². The first kappa shape index (κ1) is 20.6. The van der Waals surface area contributed by atoms with Gasteiger partial charge >= 0.3 is 0 Å². The minimum absolute atomic E-state index is 0.148. The van der Waals surface area contributed by atoms with Crippen molar-refractivity contribution < 1.29 is 9.53 Å². The summed E-state index contributed by atoms with van der Waals surface area (Å²) in [5.41, 5.74) is 2.44. The van der Waals surface area contributed by atoms with Crippen molar-refractivity contribution in [1.29, 1.82) is 0 Å². The molecular weight excluding hydrogens is 380 g/mol. The standard InChI is InChI=1S/C23H30N4O3/c1-2-11-30-12-10-24-22(28)17-8-9-18-19(14-17)27-20(23(29)26-18)15-25-21(27)13-16-6-4-3-5-7-16/h8-9,14-16H,2-7,10-13H2,1H3,(H,24,28)(H,26,29). The molecule has 2 aromatic heterocycles. The van der Waals surface area contributed by atoms with E-state index in [1.165, 1.54) is 32.1 Å². The number of amides is 1. The Morgan fingerprint density at radius 3 is 2.87 bits per heavy atom. The molecule has 160 valence electrons. The molecule has 7 heteroatoms. The van der Waals surface area contributed by atoms with Crippen LogP contribution in [0.3, 0.4) is 0 Å². The highest BCUT2D eigenvalue weighted by Crippen LogP contribution is 2.27. The van der Waals surface area contributed by atoms with Crippen LogP contribution in [0, 0.1) is 5.92 Å². The quantitative estimate of drug-likeness (QED) is 0.557. The summed E-state index contributed by atoms with van der Waals surface area (Å²) in [5, 5.41) is 2.90. The molecule has 0 bridgehead atoms. The van der Waals surface area contributed by atoms with Crippen molar-refractivity contribution in [3.63, 3.8) is 0 Å². The number of nitrogens with zero attached hydrogens (tertiary/aromatic N) is 2. The molecule has 0 spiro atoms. The molecule has 0 aliphatic heterocycles. The highest BCUT2D eigenvalue weighted by atomic mass is 16.5. The van der Waals surface area contributed by atoms with Gasteiger partial charge in [0.1, 0.15) is 11.3 Å². The fourth-order valence-electron chi connectivity index (χ4n) is 4.35. The molecule has 4 rings (SSSR count). The number of aromatic nitrogens is 3. The van der Waals surface area contributed by atoms with Crippen LogP contribution in [0.4, 0.5) is 0 Å². The Balaban J connectivity index is 1.63. The number of hydrogen-bond donors (Lipinski definition) is 2. The highest BCUT2D eigenvalue weighted by molar-refractivity contribution is 5.97. The van der Waals surface area contributed by atoms with Crippen LogP contribution in [0.2, 0.25) is 0 Å². The summed E-state index contributed by atoms with van der Waals surface area (Å²) in [6, 6.07) is 5.37. The van der Waals surface area contributed by atoms with Crippen LogP contribution in [-0.2, 0) is 11.2 Å². The zero-order valence-corrected chi connectivity index (χ0v) is 17.6. The lowest BCUT2D eigenvalue weighted by molar-refractivity contribution is 0.0915. The number of hydrogen-bond acceptors (Lipinski definition) is 4. The summed E-state index contributed by atoms with van der Waals surface area (Å²) in [7, 11) is 0. The predicted molar refractivity (Wildman–Crippen MR) is 117 cm³/mol. The Morgan fingerprint density at radius 1 is 1.23 bits per heavy atom. The average Bonchev–Trinajstić information content (AvgIpc) is 3.18. The first-order valence-electron chi connectivity index (χ1n) is 11.1. The molecule has 2 N–H and O–H groups in total. The van der Waals surface area contributed by atoms with E-state index in [-0.39, 0.29) is 11.5 Å². The summed E-state index contributed by atoms with van der Waals surface area (Å²) in [6.45, 7) is 3.71. The first-order valence-corrected chi connectivity index (χ1v) is 11.1. The largest absolute Gasteiger partial charge is 0.380 e. The molecule has 3 aromatic rings. The minimum Gasteiger partial charge on any atom is -0.380 e. The normalized spacial score (nSPS) is 15.1. The number of fused-ring (bicyclic) bond motifs is 3. The van der Waals surface area contributed by atoms with Crippen molar-refractivity contribution in [2.75, 3.05) is 19.8 Å². The molecule has 1 aliphatic rings. The Hall–Kier alpha value is -2.67. The van der Waals surface area contributed by atoms with Crippen molar-refractivity contribution in [3.05, 3.63) is 46.1 Å². The number of imidazole rings is 1. The van der Waals surface area contributed by atoms with E-state index in [2.05, 4.69) is 22.2 Å². The van der Waals surface area contributed by atoms with Gasteiger partial charge in [0.2, 0.25) is 0 Å². The van der Waals surface area contributed by atoms with E-state index in [0.29, 0.717) is 42.3 Å². The predicted octanol–water partition coefficient (Wildman–Crippen LogP) is 3.46. The zero-order valence-electron chi connectivity index (χ0n) is 17.6. The average molecular weight is 411 g/mol. The number of carbonyl (C=O) groups is 1. The Labute approximate surface area is 175 Å². The van der Waals surface area contributed by atoms with Gasteiger partial charge in [0, 0.05) is 25.1 Å². The number of benzene rings is 1. The molecule has 0 saturated heterocycles. The molecule has 0 unspecified atom stereocenters. The van der Waals surface area contributed by atoms with Gasteiger partial charge in [0.05, 0.1) is 23.8 Å². The van der Waals surface area contributed by atoms with Crippen molar-refractivity contribution in [1.82, 2.24) is 19.7 Å². The molecule has 1 aliphatic carbocycles. The fourth-order valence-corrected chi connectivity index (χ4v) is 4.35. The Bertz CT molecular complexity index is 1080. The van der Waals surface area contributed by atoms with E-state index in [1.54, 1.807) is 18.3 Å². The smallest absolute Gasteiger partial charge is 0.274 e. The molecule has 7 nitrogen and oxygen atoms in total. The van der Waals surface area contributed by atoms with Crippen molar-refractivity contribution >= 4 is 22.5 Å². The lowest BCUT2D eigenvalue weighted by Crippen LogP contribution is -2.27. The van der Waals surface area contributed by atoms with Crippen molar-refractivity contribution in [3.8, 4) is 0 Å². The van der Waals surface area contributed by atoms with Crippen LogP contribution in [0.5, 0.6) is 0 Å². The zero-order chi connectivity index (χ0) is 20.9. The number of ether oxygens (including phenoxy) is 1. The van der Waals surface area contributed by atoms with Gasteiger partial charge in [0.25, 0.3) is 11.5 Å². The highest BCUT2D eigenvalue weighted by Gasteiger charge is 2.19. The number of rotatable bonds is 8. The van der Waals surface area contributed by atoms with Crippen molar-refractivity contribution in [2.24, 2.45) is 5.92 Å². The van der Waals surface area contributed by atoms with Gasteiger partial charge < -0.3 is 15.0 Å². The molecule has 30 heavy (non-hydrogen) atoms. The van der Waals surface area contributed by atoms with E-state index >= 15 is 0 Å². The van der Waals surface area contributed by atoms with Crippen LogP contribution in [0.1, 0.15) is 61.6 Å². The molecule has 1 amide bonds. The van der Waals surface area contributed by atoms with Gasteiger partial charge in [-0.05, 0) is 30.5 Å². The van der Waals surface area contributed by atoms with Crippen LogP contribution >= 0.6 is 0 Å². The number of nitrogens with one attached hydrogen (secondary N) is 2. The third kappa shape index (κ3) is 4.41. The molecule has 1 fully saturated rings. The number of aromatic amines is 1. The Morgan fingerprint density at radius 2 is 2.07 bits per heavy atom. The van der Waals surface area contributed by atoms with Crippen LogP contribution in [-0.4, -0.2) is 40.0 Å². The van der Waals surface area contributed by atoms with E-state index in [9.17, 15) is 9.59 Å². The molecule has 1 saturated carbocycles. The third-order valence-electron chi connectivity index (χ3n) is 5.89. The molecular formula is C23H30N4O3. The number of H-pyrrole nitrogens is 1. The maximum absolute atomic E-state index is 12.6. The van der Waals surface area contributed by atoms with Gasteiger partial charge in [-0.1, -0.05) is 39.0 Å². The number of carbonyl (C=O) groups excluding carboxylic acids is 1. The topological polar surface area (TPSA) is 88.5 Å². The second-order valence-electron chi connectivity index (χ2n) is 8.16. The van der Waals surface area contributed by atoms with E-state index in [0.717, 1.165) is 24.2 Å². The third-order valence-corrected chi connectivity index (χ3v) is 5.89. The summed E-state index contributed by atoms with van der Waals surface area (Å²) < 4.78 is 7.36. The van der Waals surface area contributed by atoms with E-state index in [4.69, 9.17) is 4.74 Å². The van der Waals surface area contributed by atoms with Crippen molar-refractivity contribution in [2.45, 2.75) is 51.9 Å². The molecule has 1 aromatic carbocycles. The molecule has 0 radical (unpaired) electrons. The molecule has 0 atom stereocenters. The van der Waals surface area contributed by atoms with Crippen LogP contribution in [0.25, 0.3) is 16.6 Å².